The Bertz CT molecular complexity index is 372. The predicted octanol–water partition coefficient (Wildman–Crippen LogP) is 1.72. The largest absolute Gasteiger partial charge is 0.536 e. The van der Waals surface area contributed by atoms with Gasteiger partial charge in [0.25, 0.3) is 0 Å². The maximum absolute atomic E-state index is 8.79. The molecular formula is C9H7AmO2Y-. The molecule has 2 radical (unpaired) electrons. The number of benzene rings is 1. The van der Waals surface area contributed by atoms with Gasteiger partial charge in [-0.2, -0.15) is 6.07 Å². The van der Waals surface area contributed by atoms with Gasteiger partial charge in [0.05, 0.1) is 6.61 Å². The first-order valence-corrected chi connectivity index (χ1v) is 3.39. The van der Waals surface area contributed by atoms with Gasteiger partial charge in [0.2, 0.25) is 0 Å². The van der Waals surface area contributed by atoms with Crippen LogP contribution < -0.4 is 0 Å². The molecule has 2 nitrogen and oxygen atoms in total. The second kappa shape index (κ2) is 5.84. The second-order valence-electron chi connectivity index (χ2n) is 2.37. The molecule has 0 saturated heterocycles. The van der Waals surface area contributed by atoms with E-state index in [0.29, 0.717) is 0 Å². The van der Waals surface area contributed by atoms with Gasteiger partial charge < -0.3 is 9.52 Å². The zero-order chi connectivity index (χ0) is 7.68. The van der Waals surface area contributed by atoms with Crippen LogP contribution in [0.25, 0.3) is 11.0 Å². The third kappa shape index (κ3) is 2.83. The van der Waals surface area contributed by atoms with Crippen molar-refractivity contribution in [1.29, 1.82) is 0 Å². The van der Waals surface area contributed by atoms with Crippen LogP contribution in [-0.2, 0) is 39.3 Å². The van der Waals surface area contributed by atoms with E-state index in [0.717, 1.165) is 16.5 Å². The van der Waals surface area contributed by atoms with Gasteiger partial charge in [-0.15, -0.1) is 11.5 Å². The van der Waals surface area contributed by atoms with Gasteiger partial charge in [0.1, 0.15) is 0 Å². The number of rotatable bonds is 1. The van der Waals surface area contributed by atoms with E-state index < -0.39 is 0 Å². The minimum absolute atomic E-state index is 0. The predicted molar refractivity (Wildman–Crippen MR) is 41.0 cm³/mol. The first kappa shape index (κ1) is 13.2. The summed E-state index contributed by atoms with van der Waals surface area (Å²) in [5.74, 6) is 0. The zero-order valence-electron chi connectivity index (χ0n) is 6.83. The van der Waals surface area contributed by atoms with E-state index in [4.69, 9.17) is 9.52 Å². The van der Waals surface area contributed by atoms with Crippen molar-refractivity contribution in [1.82, 2.24) is 0 Å². The van der Waals surface area contributed by atoms with E-state index in [1.54, 1.807) is 0 Å². The Balaban J connectivity index is 0.000000720. The fourth-order valence-corrected chi connectivity index (χ4v) is 1.05. The van der Waals surface area contributed by atoms with Crippen LogP contribution in [0.1, 0.15) is 5.56 Å². The van der Waals surface area contributed by atoms with Crippen LogP contribution >= 0.6 is 0 Å². The molecule has 0 aliphatic rings. The molecule has 1 aromatic carbocycles. The molecule has 2 rings (SSSR count). The summed E-state index contributed by atoms with van der Waals surface area (Å²) in [5.41, 5.74) is 1.69. The maximum atomic E-state index is 8.79. The Hall–Kier alpha value is 0.214. The number of hydrogen-bond acceptors (Lipinski definition) is 2. The van der Waals surface area contributed by atoms with Crippen molar-refractivity contribution < 1.29 is 56.5 Å². The van der Waals surface area contributed by atoms with Crippen molar-refractivity contribution in [3.05, 3.63) is 36.1 Å². The molecule has 0 fully saturated rings. The molecule has 66 valence electrons. The van der Waals surface area contributed by atoms with Crippen LogP contribution in [0.5, 0.6) is 0 Å². The molecular weight excluding hydrogens is 472 g/mol. The second-order valence-corrected chi connectivity index (χ2v) is 2.37. The number of furan rings is 1. The monoisotopic (exact) mass is 477 g/mol. The molecule has 2 aromatic rings. The van der Waals surface area contributed by atoms with Crippen LogP contribution in [0, 0.1) is 20.3 Å². The molecule has 1 heterocycles. The van der Waals surface area contributed by atoms with E-state index in [9.17, 15) is 0 Å². The van der Waals surface area contributed by atoms with Crippen molar-refractivity contribution in [2.75, 3.05) is 0 Å². The Morgan fingerprint density at radius 2 is 2.15 bits per heavy atom. The van der Waals surface area contributed by atoms with Crippen LogP contribution in [0.15, 0.2) is 28.9 Å². The number of fused-ring (bicyclic) bond motifs is 1. The van der Waals surface area contributed by atoms with Crippen molar-refractivity contribution in [2.45, 2.75) is 6.61 Å². The average molecular weight is 479 g/mol. The van der Waals surface area contributed by atoms with Gasteiger partial charge in [-0.3, -0.25) is 0 Å². The van der Waals surface area contributed by atoms with E-state index in [2.05, 4.69) is 6.07 Å². The Labute approximate surface area is 109 Å². The maximum Gasteiger partial charge on any atom is 0.0570 e. The summed E-state index contributed by atoms with van der Waals surface area (Å²) in [7, 11) is 0. The molecule has 0 bridgehead atoms. The number of hydrogen-bond donors (Lipinski definition) is 1. The van der Waals surface area contributed by atoms with Gasteiger partial charge in [0, 0.05) is 58.8 Å². The molecule has 13 heavy (non-hydrogen) atoms. The third-order valence-corrected chi connectivity index (χ3v) is 1.63. The first-order chi connectivity index (χ1) is 5.40. The molecule has 0 saturated carbocycles. The van der Waals surface area contributed by atoms with Crippen molar-refractivity contribution in [3.8, 4) is 0 Å². The van der Waals surface area contributed by atoms with Gasteiger partial charge in [-0.05, 0) is 0 Å². The van der Waals surface area contributed by atoms with E-state index in [1.807, 2.05) is 18.2 Å². The van der Waals surface area contributed by atoms with Crippen LogP contribution in [0.2, 0.25) is 0 Å². The number of aliphatic hydroxyl groups excluding tert-OH is 1. The summed E-state index contributed by atoms with van der Waals surface area (Å²) in [6.07, 6.45) is 1.52. The van der Waals surface area contributed by atoms with Crippen LogP contribution in [0.3, 0.4) is 0 Å². The molecule has 0 atom stereocenters. The van der Waals surface area contributed by atoms with Crippen molar-refractivity contribution in [3.63, 3.8) is 0 Å². The summed E-state index contributed by atoms with van der Waals surface area (Å²) in [4.78, 5) is 0. The Kier molecular flexibility index (Phi) is 5.94. The molecule has 0 aliphatic carbocycles. The smallest absolute Gasteiger partial charge is 0.0570 e. The van der Waals surface area contributed by atoms with Crippen LogP contribution in [0.4, 0.5) is 0 Å². The summed E-state index contributed by atoms with van der Waals surface area (Å²) in [5, 5.41) is 9.70. The van der Waals surface area contributed by atoms with Gasteiger partial charge >= 0.3 is 0 Å². The molecule has 4 heteroatoms. The van der Waals surface area contributed by atoms with Crippen molar-refractivity contribution >= 4 is 11.0 Å². The molecule has 0 aliphatic heterocycles. The van der Waals surface area contributed by atoms with Gasteiger partial charge in [-0.1, -0.05) is 17.7 Å². The summed E-state index contributed by atoms with van der Waals surface area (Å²) in [6.45, 7) is 0.0644. The molecule has 0 unspecified atom stereocenters. The van der Waals surface area contributed by atoms with E-state index >= 15 is 0 Å². The minimum Gasteiger partial charge on any atom is -0.536 e. The minimum atomic E-state index is 0. The van der Waals surface area contributed by atoms with Gasteiger partial charge in [-0.25, -0.2) is 0 Å². The molecule has 1 N–H and O–H groups in total. The quantitative estimate of drug-likeness (QED) is 0.633. The zero-order valence-corrected chi connectivity index (χ0v) is 12.8. The Morgan fingerprint density at radius 1 is 1.38 bits per heavy atom. The van der Waals surface area contributed by atoms with Crippen molar-refractivity contribution in [2.24, 2.45) is 0 Å². The summed E-state index contributed by atoms with van der Waals surface area (Å²) in [6, 6.07) is 8.44. The molecule has 0 amide bonds. The first-order valence-electron chi connectivity index (χ1n) is 3.39. The summed E-state index contributed by atoms with van der Waals surface area (Å²) < 4.78 is 5.08. The van der Waals surface area contributed by atoms with E-state index in [-0.39, 0.29) is 53.6 Å². The number of aliphatic hydroxyl groups is 1. The van der Waals surface area contributed by atoms with E-state index in [1.165, 1.54) is 6.26 Å². The molecule has 1 aromatic heterocycles. The molecule has 0 spiro atoms. The SMILES string of the molecule is OCc1ccc2oc[c-]c2c1.[Am].[Y]. The summed E-state index contributed by atoms with van der Waals surface area (Å²) >= 11 is 0. The van der Waals surface area contributed by atoms with Gasteiger partial charge in [0.15, 0.2) is 0 Å². The topological polar surface area (TPSA) is 33.4 Å². The fourth-order valence-electron chi connectivity index (χ4n) is 1.05. The normalized spacial score (nSPS) is 9.00. The van der Waals surface area contributed by atoms with Crippen LogP contribution in [-0.4, -0.2) is 5.11 Å². The average Bonchev–Trinajstić information content (AvgIpc) is 2.50. The fraction of sp³-hybridized carbons (Fsp3) is 0.111. The standard InChI is InChI=1S/C9H7O2.Am.Y/c10-6-7-1-2-9-8(5-7)3-4-11-9;;/h1-2,4-5,10H,6H2;;/q-1;;. The third-order valence-electron chi connectivity index (χ3n) is 1.63. The Morgan fingerprint density at radius 3 is 2.85 bits per heavy atom.